The average Bonchev–Trinajstić information content (AvgIpc) is 2.19. The zero-order valence-electron chi connectivity index (χ0n) is 7.41. The van der Waals surface area contributed by atoms with Gasteiger partial charge >= 0.3 is 5.97 Å². The molecule has 14 heavy (non-hydrogen) atoms. The minimum Gasteiger partial charge on any atom is -0.463 e. The van der Waals surface area contributed by atoms with Crippen molar-refractivity contribution < 1.29 is 14.3 Å². The molecule has 0 saturated carbocycles. The second kappa shape index (κ2) is 4.29. The summed E-state index contributed by atoms with van der Waals surface area (Å²) in [5.74, 6) is -1.76. The van der Waals surface area contributed by atoms with Crippen molar-refractivity contribution in [2.75, 3.05) is 7.11 Å². The molecule has 0 amide bonds. The predicted molar refractivity (Wildman–Crippen MR) is 53.2 cm³/mol. The van der Waals surface area contributed by atoms with E-state index in [1.54, 1.807) is 0 Å². The van der Waals surface area contributed by atoms with E-state index >= 15 is 0 Å². The van der Waals surface area contributed by atoms with E-state index in [4.69, 9.17) is 19.4 Å². The predicted octanol–water partition coefficient (Wildman–Crippen LogP) is 0.490. The van der Waals surface area contributed by atoms with E-state index in [-0.39, 0.29) is 10.6 Å². The van der Waals surface area contributed by atoms with Gasteiger partial charge in [0.1, 0.15) is 7.85 Å². The number of esters is 1. The monoisotopic (exact) mass is 208 g/mol. The van der Waals surface area contributed by atoms with E-state index in [0.29, 0.717) is 5.46 Å². The van der Waals surface area contributed by atoms with Crippen molar-refractivity contribution in [1.82, 2.24) is 0 Å². The molecular weight excluding hydrogens is 202 g/mol. The van der Waals surface area contributed by atoms with Gasteiger partial charge in [-0.1, -0.05) is 29.2 Å². The number of halogens is 1. The highest BCUT2D eigenvalue weighted by atomic mass is 35.5. The van der Waals surface area contributed by atoms with Crippen LogP contribution in [0.15, 0.2) is 18.2 Å². The Labute approximate surface area is 87.4 Å². The number of carbonyl (C=O) groups excluding carboxylic acids is 2. The minimum absolute atomic E-state index is 0.0542. The summed E-state index contributed by atoms with van der Waals surface area (Å²) < 4.78 is 4.27. The first-order valence-electron chi connectivity index (χ1n) is 3.74. The van der Waals surface area contributed by atoms with Gasteiger partial charge < -0.3 is 4.74 Å². The van der Waals surface area contributed by atoms with Crippen LogP contribution in [0.1, 0.15) is 10.4 Å². The summed E-state index contributed by atoms with van der Waals surface area (Å²) in [5.41, 5.74) is 0.417. The van der Waals surface area contributed by atoms with Crippen molar-refractivity contribution in [3.63, 3.8) is 0 Å². The number of methoxy groups -OCH3 is 1. The van der Waals surface area contributed by atoms with Crippen molar-refractivity contribution in [1.29, 1.82) is 0 Å². The van der Waals surface area contributed by atoms with Crippen LogP contribution < -0.4 is 5.46 Å². The summed E-state index contributed by atoms with van der Waals surface area (Å²) in [7, 11) is 6.57. The van der Waals surface area contributed by atoms with E-state index < -0.39 is 11.8 Å². The van der Waals surface area contributed by atoms with Crippen LogP contribution in [-0.4, -0.2) is 26.7 Å². The quantitative estimate of drug-likeness (QED) is 0.307. The van der Waals surface area contributed by atoms with Gasteiger partial charge in [0.05, 0.1) is 12.1 Å². The van der Waals surface area contributed by atoms with E-state index in [1.165, 1.54) is 18.2 Å². The fourth-order valence-electron chi connectivity index (χ4n) is 0.920. The van der Waals surface area contributed by atoms with Crippen molar-refractivity contribution >= 4 is 36.7 Å². The molecule has 0 atom stereocenters. The Balaban J connectivity index is 3.12. The van der Waals surface area contributed by atoms with E-state index in [1.807, 2.05) is 0 Å². The molecule has 0 spiro atoms. The molecule has 0 fully saturated rings. The Morgan fingerprint density at radius 3 is 2.64 bits per heavy atom. The zero-order valence-corrected chi connectivity index (χ0v) is 8.17. The molecule has 0 aromatic heterocycles. The van der Waals surface area contributed by atoms with Crippen LogP contribution >= 0.6 is 11.6 Å². The Kier molecular flexibility index (Phi) is 3.30. The molecule has 1 aromatic rings. The first-order valence-corrected chi connectivity index (χ1v) is 4.11. The van der Waals surface area contributed by atoms with Gasteiger partial charge in [0.2, 0.25) is 0 Å². The number of ketones is 1. The standard InChI is InChI=1S/C9H6BClO3/c1-14-9(13)8(12)6-4-5(10)2-3-7(6)11/h2-4H,1H3. The lowest BCUT2D eigenvalue weighted by Gasteiger charge is -2.02. The molecular formula is C9H6BClO3. The molecule has 70 valence electrons. The molecule has 0 aliphatic carbocycles. The fourth-order valence-corrected chi connectivity index (χ4v) is 1.12. The molecule has 0 bridgehead atoms. The lowest BCUT2D eigenvalue weighted by Crippen LogP contribution is -2.18. The summed E-state index contributed by atoms with van der Waals surface area (Å²) in [6.45, 7) is 0. The van der Waals surface area contributed by atoms with Crippen LogP contribution in [0.5, 0.6) is 0 Å². The molecule has 0 saturated heterocycles. The van der Waals surface area contributed by atoms with Crippen molar-refractivity contribution in [3.8, 4) is 0 Å². The van der Waals surface area contributed by atoms with Crippen LogP contribution in [-0.2, 0) is 9.53 Å². The third kappa shape index (κ3) is 2.14. The Morgan fingerprint density at radius 2 is 2.07 bits per heavy atom. The van der Waals surface area contributed by atoms with Crippen LogP contribution in [0.25, 0.3) is 0 Å². The summed E-state index contributed by atoms with van der Waals surface area (Å²) in [6, 6.07) is 4.32. The molecule has 1 aromatic carbocycles. The van der Waals surface area contributed by atoms with Crippen LogP contribution in [0.3, 0.4) is 0 Å². The number of rotatable bonds is 2. The van der Waals surface area contributed by atoms with Gasteiger partial charge in [-0.3, -0.25) is 4.79 Å². The maximum atomic E-state index is 11.3. The smallest absolute Gasteiger partial charge is 0.379 e. The van der Waals surface area contributed by atoms with Crippen molar-refractivity contribution in [2.45, 2.75) is 0 Å². The van der Waals surface area contributed by atoms with Gasteiger partial charge in [-0.2, -0.15) is 0 Å². The van der Waals surface area contributed by atoms with E-state index in [0.717, 1.165) is 7.11 Å². The van der Waals surface area contributed by atoms with Gasteiger partial charge in [0.25, 0.3) is 5.78 Å². The largest absolute Gasteiger partial charge is 0.463 e. The highest BCUT2D eigenvalue weighted by Crippen LogP contribution is 2.14. The third-order valence-electron chi connectivity index (χ3n) is 1.61. The number of hydrogen-bond donors (Lipinski definition) is 0. The van der Waals surface area contributed by atoms with Gasteiger partial charge in [0.15, 0.2) is 0 Å². The lowest BCUT2D eigenvalue weighted by molar-refractivity contribution is -0.135. The minimum atomic E-state index is -0.961. The third-order valence-corrected chi connectivity index (χ3v) is 1.94. The Morgan fingerprint density at radius 1 is 1.43 bits per heavy atom. The Hall–Kier alpha value is -1.29. The number of Topliss-reactive ketones (excluding diaryl/α,β-unsaturated/α-hetero) is 1. The maximum Gasteiger partial charge on any atom is 0.379 e. The summed E-state index contributed by atoms with van der Waals surface area (Å²) >= 11 is 5.71. The second-order valence-electron chi connectivity index (χ2n) is 2.56. The molecule has 3 nitrogen and oxygen atoms in total. The normalized spacial score (nSPS) is 9.57. The SMILES string of the molecule is [B]c1ccc(Cl)c(C(=O)C(=O)OC)c1. The second-order valence-corrected chi connectivity index (χ2v) is 2.97. The molecule has 2 radical (unpaired) electrons. The summed E-state index contributed by atoms with van der Waals surface area (Å²) in [5, 5.41) is 0.176. The van der Waals surface area contributed by atoms with Crippen molar-refractivity contribution in [3.05, 3.63) is 28.8 Å². The van der Waals surface area contributed by atoms with Gasteiger partial charge in [-0.15, -0.1) is 0 Å². The maximum absolute atomic E-state index is 11.3. The molecule has 0 aliphatic rings. The van der Waals surface area contributed by atoms with Crippen LogP contribution in [0.2, 0.25) is 5.02 Å². The molecule has 0 heterocycles. The van der Waals surface area contributed by atoms with E-state index in [9.17, 15) is 9.59 Å². The zero-order chi connectivity index (χ0) is 10.7. The van der Waals surface area contributed by atoms with Crippen LogP contribution in [0.4, 0.5) is 0 Å². The average molecular weight is 208 g/mol. The fraction of sp³-hybridized carbons (Fsp3) is 0.111. The Bertz CT molecular complexity index is 390. The van der Waals surface area contributed by atoms with Crippen molar-refractivity contribution in [2.24, 2.45) is 0 Å². The highest BCUT2D eigenvalue weighted by Gasteiger charge is 2.19. The molecule has 0 N–H and O–H groups in total. The summed E-state index contributed by atoms with van der Waals surface area (Å²) in [6.07, 6.45) is 0. The molecule has 5 heteroatoms. The molecule has 0 aliphatic heterocycles. The number of ether oxygens (including phenoxy) is 1. The van der Waals surface area contributed by atoms with Gasteiger partial charge in [-0.25, -0.2) is 4.79 Å². The molecule has 0 unspecified atom stereocenters. The van der Waals surface area contributed by atoms with E-state index in [2.05, 4.69) is 4.74 Å². The summed E-state index contributed by atoms with van der Waals surface area (Å²) in [4.78, 5) is 22.2. The van der Waals surface area contributed by atoms with Gasteiger partial charge in [-0.05, 0) is 6.07 Å². The number of benzene rings is 1. The lowest BCUT2D eigenvalue weighted by atomic mass is 9.93. The number of carbonyl (C=O) groups is 2. The highest BCUT2D eigenvalue weighted by molar-refractivity contribution is 6.46. The van der Waals surface area contributed by atoms with Crippen LogP contribution in [0, 0.1) is 0 Å². The molecule has 1 rings (SSSR count). The first kappa shape index (κ1) is 10.8. The topological polar surface area (TPSA) is 43.4 Å². The van der Waals surface area contributed by atoms with Gasteiger partial charge in [0, 0.05) is 5.56 Å². The first-order chi connectivity index (χ1) is 6.56. The number of hydrogen-bond acceptors (Lipinski definition) is 3.